The molecule has 2 aromatic carbocycles. The van der Waals surface area contributed by atoms with E-state index in [4.69, 9.17) is 9.84 Å². The Balaban J connectivity index is 1.78. The molecule has 0 aliphatic carbocycles. The van der Waals surface area contributed by atoms with Gasteiger partial charge in [-0.25, -0.2) is 9.18 Å². The molecule has 1 saturated heterocycles. The van der Waals surface area contributed by atoms with Crippen LogP contribution in [-0.2, 0) is 9.53 Å². The summed E-state index contributed by atoms with van der Waals surface area (Å²) in [4.78, 5) is 23.5. The van der Waals surface area contributed by atoms with Gasteiger partial charge in [0.1, 0.15) is 5.82 Å². The maximum absolute atomic E-state index is 14.0. The van der Waals surface area contributed by atoms with Crippen LogP contribution in [0.5, 0.6) is 0 Å². The van der Waals surface area contributed by atoms with Gasteiger partial charge in [-0.1, -0.05) is 30.3 Å². The molecule has 130 valence electrons. The monoisotopic (exact) mass is 343 g/mol. The molecular formula is C19H18FNO4. The lowest BCUT2D eigenvalue weighted by molar-refractivity contribution is -0.129. The van der Waals surface area contributed by atoms with Gasteiger partial charge in [0.05, 0.1) is 23.3 Å². The summed E-state index contributed by atoms with van der Waals surface area (Å²) in [6.45, 7) is 0.574. The van der Waals surface area contributed by atoms with Crippen LogP contribution in [0.25, 0.3) is 0 Å². The summed E-state index contributed by atoms with van der Waals surface area (Å²) in [5.74, 6) is -2.77. The molecule has 2 atom stereocenters. The van der Waals surface area contributed by atoms with Crippen LogP contribution in [0.4, 0.5) is 10.1 Å². The van der Waals surface area contributed by atoms with E-state index in [1.807, 2.05) is 30.3 Å². The van der Waals surface area contributed by atoms with Crippen molar-refractivity contribution in [3.63, 3.8) is 0 Å². The minimum atomic E-state index is -1.22. The van der Waals surface area contributed by atoms with Crippen molar-refractivity contribution < 1.29 is 23.8 Å². The first-order chi connectivity index (χ1) is 12.1. The van der Waals surface area contributed by atoms with Crippen LogP contribution in [0.1, 0.15) is 34.9 Å². The predicted molar refractivity (Wildman–Crippen MR) is 89.8 cm³/mol. The molecule has 0 bridgehead atoms. The van der Waals surface area contributed by atoms with E-state index in [0.29, 0.717) is 13.0 Å². The zero-order chi connectivity index (χ0) is 17.8. The van der Waals surface area contributed by atoms with Crippen molar-refractivity contribution in [2.24, 2.45) is 5.92 Å². The minimum Gasteiger partial charge on any atom is -0.478 e. The van der Waals surface area contributed by atoms with Crippen molar-refractivity contribution in [3.05, 3.63) is 65.5 Å². The van der Waals surface area contributed by atoms with Crippen LogP contribution in [0.15, 0.2) is 48.5 Å². The van der Waals surface area contributed by atoms with Crippen molar-refractivity contribution in [1.82, 2.24) is 0 Å². The summed E-state index contributed by atoms with van der Waals surface area (Å²) in [5.41, 5.74) is 0.704. The normalized spacial score (nSPS) is 20.0. The molecule has 1 aliphatic heterocycles. The van der Waals surface area contributed by atoms with Gasteiger partial charge in [0.15, 0.2) is 0 Å². The van der Waals surface area contributed by atoms with E-state index in [2.05, 4.69) is 5.32 Å². The molecule has 0 radical (unpaired) electrons. The standard InChI is InChI=1S/C19H18FNO4/c20-15-11-13(19(23)24)8-9-16(15)21-18(22)14-7-4-10-25-17(14)12-5-2-1-3-6-12/h1-3,5-6,8-9,11,14,17H,4,7,10H2,(H,21,22)(H,23,24). The molecule has 25 heavy (non-hydrogen) atoms. The van der Waals surface area contributed by atoms with Crippen LogP contribution < -0.4 is 5.32 Å². The molecule has 0 saturated carbocycles. The fourth-order valence-corrected chi connectivity index (χ4v) is 3.00. The molecule has 1 aliphatic rings. The first kappa shape index (κ1) is 17.1. The molecule has 1 heterocycles. The summed E-state index contributed by atoms with van der Waals surface area (Å²) in [5, 5.41) is 11.4. The number of nitrogens with one attached hydrogen (secondary N) is 1. The van der Waals surface area contributed by atoms with E-state index in [1.165, 1.54) is 12.1 Å². The van der Waals surface area contributed by atoms with Gasteiger partial charge in [-0.2, -0.15) is 0 Å². The third kappa shape index (κ3) is 3.85. The van der Waals surface area contributed by atoms with Crippen molar-refractivity contribution in [2.45, 2.75) is 18.9 Å². The number of carboxylic acids is 1. The third-order valence-electron chi connectivity index (χ3n) is 4.26. The minimum absolute atomic E-state index is 0.0348. The number of amides is 1. The Kier molecular flexibility index (Phi) is 5.09. The van der Waals surface area contributed by atoms with Gasteiger partial charge >= 0.3 is 5.97 Å². The second-order valence-electron chi connectivity index (χ2n) is 5.94. The van der Waals surface area contributed by atoms with Gasteiger partial charge in [-0.3, -0.25) is 4.79 Å². The fraction of sp³-hybridized carbons (Fsp3) is 0.263. The summed E-state index contributed by atoms with van der Waals surface area (Å²) >= 11 is 0. The van der Waals surface area contributed by atoms with Gasteiger partial charge in [-0.15, -0.1) is 0 Å². The Morgan fingerprint density at radius 3 is 2.60 bits per heavy atom. The van der Waals surface area contributed by atoms with Crippen LogP contribution in [0.2, 0.25) is 0 Å². The van der Waals surface area contributed by atoms with E-state index < -0.39 is 17.7 Å². The zero-order valence-electron chi connectivity index (χ0n) is 13.4. The number of carbonyl (C=O) groups excluding carboxylic acids is 1. The number of anilines is 1. The first-order valence-corrected chi connectivity index (χ1v) is 8.06. The molecule has 0 spiro atoms. The second kappa shape index (κ2) is 7.44. The first-order valence-electron chi connectivity index (χ1n) is 8.06. The van der Waals surface area contributed by atoms with E-state index >= 15 is 0 Å². The Labute approximate surface area is 144 Å². The number of hydrogen-bond donors (Lipinski definition) is 2. The molecule has 3 rings (SSSR count). The smallest absolute Gasteiger partial charge is 0.335 e. The number of carboxylic acid groups (broad SMARTS) is 1. The van der Waals surface area contributed by atoms with Crippen LogP contribution in [-0.4, -0.2) is 23.6 Å². The Bertz CT molecular complexity index is 778. The lowest BCUT2D eigenvalue weighted by atomic mass is 9.88. The molecule has 2 aromatic rings. The summed E-state index contributed by atoms with van der Waals surface area (Å²) in [6, 6.07) is 12.9. The molecule has 5 nitrogen and oxygen atoms in total. The molecule has 1 amide bonds. The van der Waals surface area contributed by atoms with Crippen molar-refractivity contribution in [1.29, 1.82) is 0 Å². The number of benzene rings is 2. The van der Waals surface area contributed by atoms with E-state index in [1.54, 1.807) is 0 Å². The van der Waals surface area contributed by atoms with Gasteiger partial charge in [0.25, 0.3) is 0 Å². The molecule has 0 aromatic heterocycles. The van der Waals surface area contributed by atoms with Crippen LogP contribution in [0, 0.1) is 11.7 Å². The highest BCUT2D eigenvalue weighted by Crippen LogP contribution is 2.34. The lowest BCUT2D eigenvalue weighted by Crippen LogP contribution is -2.33. The number of ether oxygens (including phenoxy) is 1. The second-order valence-corrected chi connectivity index (χ2v) is 5.94. The van der Waals surface area contributed by atoms with Gasteiger partial charge in [0.2, 0.25) is 5.91 Å². The summed E-state index contributed by atoms with van der Waals surface area (Å²) < 4.78 is 19.8. The zero-order valence-corrected chi connectivity index (χ0v) is 13.4. The summed E-state index contributed by atoms with van der Waals surface area (Å²) in [7, 11) is 0. The van der Waals surface area contributed by atoms with Crippen molar-refractivity contribution >= 4 is 17.6 Å². The number of carbonyl (C=O) groups is 2. The maximum atomic E-state index is 14.0. The highest BCUT2D eigenvalue weighted by molar-refractivity contribution is 5.94. The van der Waals surface area contributed by atoms with Crippen LogP contribution >= 0.6 is 0 Å². The Morgan fingerprint density at radius 2 is 1.92 bits per heavy atom. The molecule has 2 N–H and O–H groups in total. The van der Waals surface area contributed by atoms with E-state index in [-0.39, 0.29) is 23.3 Å². The fourth-order valence-electron chi connectivity index (χ4n) is 3.00. The topological polar surface area (TPSA) is 75.6 Å². The van der Waals surface area contributed by atoms with Crippen LogP contribution in [0.3, 0.4) is 0 Å². The SMILES string of the molecule is O=C(O)c1ccc(NC(=O)C2CCCOC2c2ccccc2)c(F)c1. The van der Waals surface area contributed by atoms with Gasteiger partial charge < -0.3 is 15.2 Å². The number of halogens is 1. The average Bonchev–Trinajstić information content (AvgIpc) is 2.64. The van der Waals surface area contributed by atoms with Crippen molar-refractivity contribution in [3.8, 4) is 0 Å². The molecule has 6 heteroatoms. The Hall–Kier alpha value is -2.73. The lowest BCUT2D eigenvalue weighted by Gasteiger charge is -2.31. The van der Waals surface area contributed by atoms with E-state index in [0.717, 1.165) is 18.1 Å². The van der Waals surface area contributed by atoms with E-state index in [9.17, 15) is 14.0 Å². The average molecular weight is 343 g/mol. The molecule has 1 fully saturated rings. The maximum Gasteiger partial charge on any atom is 0.335 e. The number of rotatable bonds is 4. The molecule has 2 unspecified atom stereocenters. The number of aromatic carboxylic acids is 1. The number of hydrogen-bond acceptors (Lipinski definition) is 3. The van der Waals surface area contributed by atoms with Gasteiger partial charge in [0, 0.05) is 6.61 Å². The highest BCUT2D eigenvalue weighted by Gasteiger charge is 2.33. The quantitative estimate of drug-likeness (QED) is 0.889. The predicted octanol–water partition coefficient (Wildman–Crippen LogP) is 3.63. The third-order valence-corrected chi connectivity index (χ3v) is 4.26. The summed E-state index contributed by atoms with van der Waals surface area (Å²) in [6.07, 6.45) is 1.01. The van der Waals surface area contributed by atoms with Gasteiger partial charge in [-0.05, 0) is 36.6 Å². The van der Waals surface area contributed by atoms with Crippen molar-refractivity contribution in [2.75, 3.05) is 11.9 Å². The molecular weight excluding hydrogens is 325 g/mol. The highest BCUT2D eigenvalue weighted by atomic mass is 19.1. The largest absolute Gasteiger partial charge is 0.478 e. The Morgan fingerprint density at radius 1 is 1.16 bits per heavy atom.